The zero-order chi connectivity index (χ0) is 24.9. The molecule has 0 aromatic heterocycles. The molecule has 0 heterocycles. The first-order valence-corrected chi connectivity index (χ1v) is 10.6. The van der Waals surface area contributed by atoms with Crippen LogP contribution >= 0.6 is 0 Å². The third kappa shape index (κ3) is 6.49. The number of alkyl halides is 3. The molecule has 34 heavy (non-hydrogen) atoms. The second kappa shape index (κ2) is 10.1. The number of carbonyl (C=O) groups is 3. The van der Waals surface area contributed by atoms with Crippen LogP contribution in [0.1, 0.15) is 43.2 Å². The molecule has 0 radical (unpaired) electrons. The number of primary amides is 1. The van der Waals surface area contributed by atoms with Crippen LogP contribution in [0.2, 0.25) is 0 Å². The van der Waals surface area contributed by atoms with Gasteiger partial charge in [0.1, 0.15) is 28.6 Å². The van der Waals surface area contributed by atoms with E-state index in [1.54, 1.807) is 12.1 Å². The van der Waals surface area contributed by atoms with Crippen LogP contribution in [0.15, 0.2) is 42.5 Å². The predicted molar refractivity (Wildman–Crippen MR) is 116 cm³/mol. The maximum Gasteiger partial charge on any atom is 0.420 e. The van der Waals surface area contributed by atoms with Crippen molar-refractivity contribution in [3.05, 3.63) is 53.6 Å². The summed E-state index contributed by atoms with van der Waals surface area (Å²) in [4.78, 5) is 35.4. The normalized spacial score (nSPS) is 14.2. The molecule has 3 rings (SSSR count). The Balaban J connectivity index is 1.57. The lowest BCUT2D eigenvalue weighted by Gasteiger charge is -2.16. The Hall–Kier alpha value is -3.56. The van der Waals surface area contributed by atoms with Crippen LogP contribution in [0.25, 0.3) is 0 Å². The largest absolute Gasteiger partial charge is 0.497 e. The van der Waals surface area contributed by atoms with Gasteiger partial charge in [0.2, 0.25) is 11.8 Å². The van der Waals surface area contributed by atoms with Crippen molar-refractivity contribution in [2.24, 2.45) is 11.1 Å². The zero-order valence-corrected chi connectivity index (χ0v) is 18.5. The number of halogens is 3. The zero-order valence-electron chi connectivity index (χ0n) is 18.5. The summed E-state index contributed by atoms with van der Waals surface area (Å²) in [5, 5.41) is 2.80. The molecule has 2 aromatic carbocycles. The minimum Gasteiger partial charge on any atom is -0.497 e. The lowest BCUT2D eigenvalue weighted by atomic mass is 9.96. The van der Waals surface area contributed by atoms with Crippen molar-refractivity contribution in [2.75, 3.05) is 7.11 Å². The summed E-state index contributed by atoms with van der Waals surface area (Å²) in [6, 6.07) is 9.70. The quantitative estimate of drug-likeness (QED) is 0.505. The second-order valence-corrected chi connectivity index (χ2v) is 8.25. The molecule has 1 aliphatic carbocycles. The highest BCUT2D eigenvalue weighted by atomic mass is 19.4. The highest BCUT2D eigenvalue weighted by molar-refractivity contribution is 5.93. The number of rotatable bonds is 11. The van der Waals surface area contributed by atoms with Gasteiger partial charge in [-0.1, -0.05) is 12.1 Å². The lowest BCUT2D eigenvalue weighted by molar-refractivity contribution is -0.138. The summed E-state index contributed by atoms with van der Waals surface area (Å²) in [5.41, 5.74) is 4.07. The molecule has 10 heteroatoms. The number of carbonyl (C=O) groups excluding carboxylic acids is 3. The Kier molecular flexibility index (Phi) is 7.48. The van der Waals surface area contributed by atoms with E-state index in [2.05, 4.69) is 5.32 Å². The maximum atomic E-state index is 13.3. The molecule has 0 aliphatic heterocycles. The second-order valence-electron chi connectivity index (χ2n) is 8.25. The van der Waals surface area contributed by atoms with Crippen molar-refractivity contribution < 1.29 is 37.0 Å². The summed E-state index contributed by atoms with van der Waals surface area (Å²) in [5.74, 6) is -1.07. The highest BCUT2D eigenvalue weighted by Crippen LogP contribution is 2.49. The summed E-state index contributed by atoms with van der Waals surface area (Å²) in [7, 11) is 1.28. The van der Waals surface area contributed by atoms with E-state index < -0.39 is 23.1 Å². The number of ether oxygens (including phenoxy) is 2. The van der Waals surface area contributed by atoms with E-state index in [1.807, 2.05) is 0 Å². The van der Waals surface area contributed by atoms with Crippen molar-refractivity contribution >= 4 is 17.6 Å². The van der Waals surface area contributed by atoms with Crippen LogP contribution < -0.4 is 20.5 Å². The van der Waals surface area contributed by atoms with Crippen LogP contribution in [-0.4, -0.2) is 24.7 Å². The first-order chi connectivity index (χ1) is 16.0. The van der Waals surface area contributed by atoms with Gasteiger partial charge in [-0.3, -0.25) is 14.4 Å². The van der Waals surface area contributed by atoms with Gasteiger partial charge in [0, 0.05) is 25.8 Å². The number of hydrogen-bond donors (Lipinski definition) is 2. The molecule has 0 saturated heterocycles. The van der Waals surface area contributed by atoms with Gasteiger partial charge in [-0.05, 0) is 48.7 Å². The first kappa shape index (κ1) is 25.1. The highest BCUT2D eigenvalue weighted by Gasteiger charge is 2.50. The molecule has 1 aliphatic rings. The Labute approximate surface area is 194 Å². The molecule has 1 saturated carbocycles. The van der Waals surface area contributed by atoms with E-state index in [9.17, 15) is 27.6 Å². The first-order valence-electron chi connectivity index (χ1n) is 10.6. The molecular weight excluding hydrogens is 453 g/mol. The van der Waals surface area contributed by atoms with E-state index in [0.29, 0.717) is 18.4 Å². The molecular formula is C24H25F3N2O5. The van der Waals surface area contributed by atoms with Crippen molar-refractivity contribution in [3.8, 4) is 17.2 Å². The Morgan fingerprint density at radius 1 is 1.03 bits per heavy atom. The van der Waals surface area contributed by atoms with E-state index >= 15 is 0 Å². The fraction of sp³-hybridized carbons (Fsp3) is 0.375. The van der Waals surface area contributed by atoms with E-state index in [1.165, 1.54) is 31.4 Å². The summed E-state index contributed by atoms with van der Waals surface area (Å²) in [6.45, 7) is 0.187. The topological polar surface area (TPSA) is 108 Å². The molecule has 0 bridgehead atoms. The summed E-state index contributed by atoms with van der Waals surface area (Å²) < 4.78 is 50.3. The molecule has 0 spiro atoms. The van der Waals surface area contributed by atoms with Crippen LogP contribution in [0.3, 0.4) is 0 Å². The Bertz CT molecular complexity index is 1060. The van der Waals surface area contributed by atoms with Crippen molar-refractivity contribution in [2.45, 2.75) is 44.8 Å². The van der Waals surface area contributed by atoms with Crippen LogP contribution in [0.5, 0.6) is 17.2 Å². The number of nitrogens with two attached hydrogens (primary N) is 1. The minimum absolute atomic E-state index is 0.0239. The van der Waals surface area contributed by atoms with Crippen LogP contribution in [-0.2, 0) is 27.1 Å². The van der Waals surface area contributed by atoms with Gasteiger partial charge < -0.3 is 20.5 Å². The minimum atomic E-state index is -4.62. The molecule has 2 aromatic rings. The molecule has 182 valence electrons. The SMILES string of the molecule is COc1ccc(Oc2ccc(CNC(=O)C3(CC(=O)CCC(N)=O)CC3)cc2)c(C(F)(F)F)c1. The monoisotopic (exact) mass is 478 g/mol. The molecule has 0 unspecified atom stereocenters. The average Bonchev–Trinajstić information content (AvgIpc) is 3.57. The van der Waals surface area contributed by atoms with E-state index in [0.717, 1.165) is 6.07 Å². The molecule has 7 nitrogen and oxygen atoms in total. The van der Waals surface area contributed by atoms with E-state index in [4.69, 9.17) is 15.2 Å². The van der Waals surface area contributed by atoms with Crippen molar-refractivity contribution in [1.29, 1.82) is 0 Å². The van der Waals surface area contributed by atoms with Gasteiger partial charge >= 0.3 is 6.18 Å². The van der Waals surface area contributed by atoms with Gasteiger partial charge in [-0.25, -0.2) is 0 Å². The van der Waals surface area contributed by atoms with Crippen LogP contribution in [0.4, 0.5) is 13.2 Å². The predicted octanol–water partition coefficient (Wildman–Crippen LogP) is 4.13. The number of ketones is 1. The van der Waals surface area contributed by atoms with E-state index in [-0.39, 0.29) is 54.7 Å². The number of benzene rings is 2. The van der Waals surface area contributed by atoms with Gasteiger partial charge in [-0.15, -0.1) is 0 Å². The van der Waals surface area contributed by atoms with Gasteiger partial charge in [0.25, 0.3) is 0 Å². The van der Waals surface area contributed by atoms with Crippen molar-refractivity contribution in [1.82, 2.24) is 5.32 Å². The third-order valence-corrected chi connectivity index (χ3v) is 5.62. The molecule has 2 amide bonds. The Morgan fingerprint density at radius 2 is 1.68 bits per heavy atom. The summed E-state index contributed by atoms with van der Waals surface area (Å²) in [6.07, 6.45) is -3.37. The van der Waals surface area contributed by atoms with Gasteiger partial charge in [0.05, 0.1) is 12.5 Å². The molecule has 1 fully saturated rings. The smallest absolute Gasteiger partial charge is 0.420 e. The summed E-state index contributed by atoms with van der Waals surface area (Å²) >= 11 is 0. The third-order valence-electron chi connectivity index (χ3n) is 5.62. The van der Waals surface area contributed by atoms with Gasteiger partial charge in [0.15, 0.2) is 0 Å². The number of methoxy groups -OCH3 is 1. The Morgan fingerprint density at radius 3 is 2.24 bits per heavy atom. The molecule has 3 N–H and O–H groups in total. The van der Waals surface area contributed by atoms with Crippen molar-refractivity contribution in [3.63, 3.8) is 0 Å². The fourth-order valence-corrected chi connectivity index (χ4v) is 3.48. The number of amides is 2. The van der Waals surface area contributed by atoms with Crippen LogP contribution in [0, 0.1) is 5.41 Å². The number of hydrogen-bond acceptors (Lipinski definition) is 5. The standard InChI is InChI=1S/C24H25F3N2O5/c1-33-18-7-8-20(19(12-18)24(25,26)27)34-17-5-2-15(3-6-17)14-29-22(32)23(10-11-23)13-16(30)4-9-21(28)31/h2-3,5-8,12H,4,9-11,13-14H2,1H3,(H2,28,31)(H,29,32). The van der Waals surface area contributed by atoms with Gasteiger partial charge in [-0.2, -0.15) is 13.2 Å². The lowest BCUT2D eigenvalue weighted by Crippen LogP contribution is -2.33. The average molecular weight is 478 g/mol. The fourth-order valence-electron chi connectivity index (χ4n) is 3.48. The maximum absolute atomic E-state index is 13.3. The number of nitrogens with one attached hydrogen (secondary N) is 1. The molecule has 0 atom stereocenters. The number of Topliss-reactive ketones (excluding diaryl/α,β-unsaturated/α-hetero) is 1.